The number of amides is 1. The first-order valence-electron chi connectivity index (χ1n) is 8.76. The van der Waals surface area contributed by atoms with Crippen LogP contribution < -0.4 is 4.90 Å². The standard InChI is InChI=1S/C21H16Br2N2O3S/c1-2-28-21(27)17(12-24)20-25(16-8-6-14(22)7-9-16)19(26)18(29-20)11-13-4-3-5-15(23)10-13/h3-10,18H,2,11H2,1H3/b20-17+/t18-/m1/s1. The van der Waals surface area contributed by atoms with Crippen LogP contribution >= 0.6 is 43.6 Å². The van der Waals surface area contributed by atoms with Crippen molar-refractivity contribution in [2.24, 2.45) is 0 Å². The molecule has 1 aliphatic rings. The van der Waals surface area contributed by atoms with Crippen molar-refractivity contribution in [3.05, 3.63) is 73.6 Å². The van der Waals surface area contributed by atoms with Crippen LogP contribution in [0.5, 0.6) is 0 Å². The number of carbonyl (C=O) groups is 2. The number of nitrogens with zero attached hydrogens (tertiary/aromatic N) is 2. The molecular formula is C21H16Br2N2O3S. The topological polar surface area (TPSA) is 70.4 Å². The summed E-state index contributed by atoms with van der Waals surface area (Å²) in [6.07, 6.45) is 0.473. The van der Waals surface area contributed by atoms with Crippen LogP contribution in [-0.2, 0) is 20.7 Å². The monoisotopic (exact) mass is 534 g/mol. The average molecular weight is 536 g/mol. The van der Waals surface area contributed by atoms with Gasteiger partial charge in [-0.05, 0) is 55.3 Å². The van der Waals surface area contributed by atoms with Gasteiger partial charge in [0, 0.05) is 14.6 Å². The van der Waals surface area contributed by atoms with Crippen LogP contribution in [0.4, 0.5) is 5.69 Å². The zero-order valence-electron chi connectivity index (χ0n) is 15.4. The molecular weight excluding hydrogens is 520 g/mol. The Bertz CT molecular complexity index is 1020. The molecule has 2 aromatic carbocycles. The summed E-state index contributed by atoms with van der Waals surface area (Å²) in [5.41, 5.74) is 1.41. The minimum absolute atomic E-state index is 0.148. The minimum atomic E-state index is -0.726. The number of ether oxygens (including phenoxy) is 1. The number of halogens is 2. The second-order valence-electron chi connectivity index (χ2n) is 6.10. The molecule has 1 heterocycles. The van der Waals surface area contributed by atoms with E-state index in [9.17, 15) is 14.9 Å². The second kappa shape index (κ2) is 9.61. The molecule has 1 amide bonds. The summed E-state index contributed by atoms with van der Waals surface area (Å²) in [7, 11) is 0. The Morgan fingerprint density at radius 1 is 1.21 bits per heavy atom. The maximum absolute atomic E-state index is 13.3. The third-order valence-corrected chi connectivity index (χ3v) is 6.44. The number of hydrogen-bond donors (Lipinski definition) is 0. The summed E-state index contributed by atoms with van der Waals surface area (Å²) in [5, 5.41) is 9.46. The number of hydrogen-bond acceptors (Lipinski definition) is 5. The lowest BCUT2D eigenvalue weighted by molar-refractivity contribution is -0.138. The summed E-state index contributed by atoms with van der Waals surface area (Å²) < 4.78 is 6.82. The van der Waals surface area contributed by atoms with Gasteiger partial charge in [0.05, 0.1) is 11.9 Å². The largest absolute Gasteiger partial charge is 0.462 e. The summed E-state index contributed by atoms with van der Waals surface area (Å²) in [4.78, 5) is 27.1. The van der Waals surface area contributed by atoms with Gasteiger partial charge in [0.1, 0.15) is 11.1 Å². The van der Waals surface area contributed by atoms with Gasteiger partial charge in [-0.3, -0.25) is 9.69 Å². The molecule has 1 atom stereocenters. The minimum Gasteiger partial charge on any atom is -0.462 e. The summed E-state index contributed by atoms with van der Waals surface area (Å²) in [5.74, 6) is -0.903. The fraction of sp³-hybridized carbons (Fsp3) is 0.190. The zero-order valence-corrected chi connectivity index (χ0v) is 19.4. The Hall–Kier alpha value is -2.08. The lowest BCUT2D eigenvalue weighted by Gasteiger charge is -2.18. The molecule has 5 nitrogen and oxygen atoms in total. The number of thioether (sulfide) groups is 1. The third kappa shape index (κ3) is 4.92. The molecule has 0 unspecified atom stereocenters. The van der Waals surface area contributed by atoms with Crippen LogP contribution in [0.1, 0.15) is 12.5 Å². The van der Waals surface area contributed by atoms with Crippen LogP contribution in [0, 0.1) is 11.3 Å². The molecule has 0 radical (unpaired) electrons. The van der Waals surface area contributed by atoms with Crippen molar-refractivity contribution in [1.82, 2.24) is 0 Å². The first-order valence-corrected chi connectivity index (χ1v) is 11.2. The van der Waals surface area contributed by atoms with Gasteiger partial charge in [0.2, 0.25) is 5.91 Å². The van der Waals surface area contributed by atoms with Crippen LogP contribution in [0.15, 0.2) is 68.1 Å². The van der Waals surface area contributed by atoms with Crippen molar-refractivity contribution in [3.8, 4) is 6.07 Å². The highest BCUT2D eigenvalue weighted by Crippen LogP contribution is 2.42. The van der Waals surface area contributed by atoms with Gasteiger partial charge < -0.3 is 4.74 Å². The molecule has 8 heteroatoms. The van der Waals surface area contributed by atoms with Crippen LogP contribution in [0.25, 0.3) is 0 Å². The van der Waals surface area contributed by atoms with E-state index < -0.39 is 11.2 Å². The van der Waals surface area contributed by atoms with Crippen molar-refractivity contribution in [2.75, 3.05) is 11.5 Å². The van der Waals surface area contributed by atoms with E-state index in [2.05, 4.69) is 31.9 Å². The second-order valence-corrected chi connectivity index (χ2v) is 9.13. The molecule has 1 saturated heterocycles. The Kier molecular flexibility index (Phi) is 7.17. The van der Waals surface area contributed by atoms with Gasteiger partial charge in [0.15, 0.2) is 5.57 Å². The fourth-order valence-corrected chi connectivity index (χ4v) is 4.89. The highest BCUT2D eigenvalue weighted by molar-refractivity contribution is 9.10. The van der Waals surface area contributed by atoms with Crippen molar-refractivity contribution < 1.29 is 14.3 Å². The molecule has 29 heavy (non-hydrogen) atoms. The molecule has 1 fully saturated rings. The van der Waals surface area contributed by atoms with E-state index in [0.29, 0.717) is 17.1 Å². The lowest BCUT2D eigenvalue weighted by atomic mass is 10.1. The van der Waals surface area contributed by atoms with E-state index in [4.69, 9.17) is 4.74 Å². The molecule has 3 rings (SSSR count). The van der Waals surface area contributed by atoms with Crippen molar-refractivity contribution in [1.29, 1.82) is 5.26 Å². The molecule has 1 aliphatic heterocycles. The van der Waals surface area contributed by atoms with E-state index >= 15 is 0 Å². The van der Waals surface area contributed by atoms with Gasteiger partial charge in [-0.15, -0.1) is 0 Å². The Morgan fingerprint density at radius 3 is 2.55 bits per heavy atom. The van der Waals surface area contributed by atoms with Crippen molar-refractivity contribution in [2.45, 2.75) is 18.6 Å². The normalized spacial score (nSPS) is 17.8. The van der Waals surface area contributed by atoms with Crippen LogP contribution in [0.2, 0.25) is 0 Å². The molecule has 0 aromatic heterocycles. The first-order chi connectivity index (χ1) is 13.9. The summed E-state index contributed by atoms with van der Waals surface area (Å²) >= 11 is 8.05. The van der Waals surface area contributed by atoms with Gasteiger partial charge in [-0.1, -0.05) is 55.8 Å². The molecule has 0 N–H and O–H groups in total. The molecule has 2 aromatic rings. The Labute approximate surface area is 190 Å². The van der Waals surface area contributed by atoms with Gasteiger partial charge in [-0.25, -0.2) is 4.79 Å². The smallest absolute Gasteiger partial charge is 0.351 e. The van der Waals surface area contributed by atoms with Crippen molar-refractivity contribution in [3.63, 3.8) is 0 Å². The highest BCUT2D eigenvalue weighted by Gasteiger charge is 2.41. The predicted molar refractivity (Wildman–Crippen MR) is 120 cm³/mol. The number of esters is 1. The van der Waals surface area contributed by atoms with Gasteiger partial charge >= 0.3 is 5.97 Å². The van der Waals surface area contributed by atoms with E-state index in [1.807, 2.05) is 42.5 Å². The highest BCUT2D eigenvalue weighted by atomic mass is 79.9. The summed E-state index contributed by atoms with van der Waals surface area (Å²) in [6, 6.07) is 16.8. The quantitative estimate of drug-likeness (QED) is 0.299. The zero-order chi connectivity index (χ0) is 21.0. The van der Waals surface area contributed by atoms with Crippen LogP contribution in [0.3, 0.4) is 0 Å². The molecule has 0 spiro atoms. The third-order valence-electron chi connectivity index (χ3n) is 4.15. The Morgan fingerprint density at radius 2 is 1.93 bits per heavy atom. The molecule has 0 bridgehead atoms. The SMILES string of the molecule is CCOC(=O)/C(C#N)=C1/S[C@H](Cc2cccc(Br)c2)C(=O)N1c1ccc(Br)cc1. The van der Waals surface area contributed by atoms with E-state index in [0.717, 1.165) is 14.5 Å². The molecule has 148 valence electrons. The lowest BCUT2D eigenvalue weighted by Crippen LogP contribution is -2.30. The summed E-state index contributed by atoms with van der Waals surface area (Å²) in [6.45, 7) is 1.82. The van der Waals surface area contributed by atoms with E-state index in [1.165, 1.54) is 16.7 Å². The number of anilines is 1. The van der Waals surface area contributed by atoms with Gasteiger partial charge in [0.25, 0.3) is 0 Å². The first kappa shape index (κ1) is 21.6. The average Bonchev–Trinajstić information content (AvgIpc) is 2.99. The number of nitriles is 1. The number of rotatable bonds is 5. The molecule has 0 saturated carbocycles. The predicted octanol–water partition coefficient (Wildman–Crippen LogP) is 5.20. The number of carbonyl (C=O) groups excluding carboxylic acids is 2. The Balaban J connectivity index is 2.03. The van der Waals surface area contributed by atoms with E-state index in [-0.39, 0.29) is 18.1 Å². The number of benzene rings is 2. The van der Waals surface area contributed by atoms with Gasteiger partial charge in [-0.2, -0.15) is 5.26 Å². The maximum atomic E-state index is 13.3. The molecule has 0 aliphatic carbocycles. The van der Waals surface area contributed by atoms with Crippen LogP contribution in [-0.4, -0.2) is 23.7 Å². The fourth-order valence-electron chi connectivity index (χ4n) is 2.88. The maximum Gasteiger partial charge on any atom is 0.351 e. The van der Waals surface area contributed by atoms with E-state index in [1.54, 1.807) is 19.1 Å². The van der Waals surface area contributed by atoms with Crippen molar-refractivity contribution >= 4 is 61.2 Å².